The molecule has 20 heavy (non-hydrogen) atoms. The molecule has 0 fully saturated rings. The minimum absolute atomic E-state index is 0.303. The van der Waals surface area contributed by atoms with Gasteiger partial charge in [-0.3, -0.25) is 0 Å². The lowest BCUT2D eigenvalue weighted by molar-refractivity contribution is 0.961. The van der Waals surface area contributed by atoms with Crippen molar-refractivity contribution in [3.8, 4) is 11.3 Å². The van der Waals surface area contributed by atoms with Crippen LogP contribution in [0.15, 0.2) is 49.0 Å². The first-order chi connectivity index (χ1) is 9.70. The van der Waals surface area contributed by atoms with Gasteiger partial charge in [0, 0.05) is 5.56 Å². The lowest BCUT2D eigenvalue weighted by Crippen LogP contribution is -2.12. The van der Waals surface area contributed by atoms with E-state index in [9.17, 15) is 0 Å². The van der Waals surface area contributed by atoms with E-state index in [4.69, 9.17) is 18.0 Å². The average Bonchev–Trinajstić information content (AvgIpc) is 2.90. The number of thiocarbonyl (C=S) groups is 1. The van der Waals surface area contributed by atoms with Crippen LogP contribution in [-0.4, -0.2) is 19.6 Å². The maximum Gasteiger partial charge on any atom is 0.174 e. The van der Waals surface area contributed by atoms with Crippen molar-refractivity contribution in [2.24, 2.45) is 5.73 Å². The lowest BCUT2D eigenvalue weighted by atomic mass is 10.1. The minimum Gasteiger partial charge on any atom is -0.389 e. The fraction of sp³-hybridized carbons (Fsp3) is 0. The van der Waals surface area contributed by atoms with E-state index in [0.29, 0.717) is 22.0 Å². The first kappa shape index (κ1) is 12.5. The van der Waals surface area contributed by atoms with E-state index in [1.807, 2.05) is 42.5 Å². The third-order valence-corrected chi connectivity index (χ3v) is 3.24. The second-order valence-corrected chi connectivity index (χ2v) is 4.71. The fourth-order valence-electron chi connectivity index (χ4n) is 2.08. The Balaban J connectivity index is 2.35. The predicted molar refractivity (Wildman–Crippen MR) is 84.4 cm³/mol. The number of pyridine rings is 1. The number of fused-ring (bicyclic) bond motifs is 1. The zero-order chi connectivity index (χ0) is 14.1. The summed E-state index contributed by atoms with van der Waals surface area (Å²) in [5.41, 5.74) is 9.08. The molecule has 0 saturated carbocycles. The number of hydrogen-bond acceptors (Lipinski definition) is 3. The molecule has 0 atom stereocenters. The van der Waals surface area contributed by atoms with Gasteiger partial charge in [0.1, 0.15) is 4.99 Å². The number of nitrogens with zero attached hydrogens (tertiary/aromatic N) is 3. The Labute approximate surface area is 121 Å². The van der Waals surface area contributed by atoms with E-state index in [1.54, 1.807) is 10.6 Å². The van der Waals surface area contributed by atoms with Gasteiger partial charge in [-0.05, 0) is 18.2 Å². The summed E-state index contributed by atoms with van der Waals surface area (Å²) in [6, 6.07) is 13.8. The molecule has 4 nitrogen and oxygen atoms in total. The van der Waals surface area contributed by atoms with Crippen molar-refractivity contribution in [1.82, 2.24) is 14.6 Å². The van der Waals surface area contributed by atoms with Crippen molar-refractivity contribution in [2.75, 3.05) is 0 Å². The van der Waals surface area contributed by atoms with Crippen LogP contribution < -0.4 is 5.73 Å². The predicted octanol–water partition coefficient (Wildman–Crippen LogP) is 2.67. The highest BCUT2D eigenvalue weighted by molar-refractivity contribution is 7.80. The standard InChI is InChI=1S/C15H12N4S/c1-2-13-17-15-11(14(16)20)8-9-12(19(15)18-13)10-6-4-3-5-7-10/h2-9H,1H2,(H2,16,20). The summed E-state index contributed by atoms with van der Waals surface area (Å²) in [5.74, 6) is 0.547. The Kier molecular flexibility index (Phi) is 3.04. The molecule has 5 heteroatoms. The van der Waals surface area contributed by atoms with Gasteiger partial charge in [0.2, 0.25) is 0 Å². The summed E-state index contributed by atoms with van der Waals surface area (Å²) in [4.78, 5) is 4.71. The third-order valence-electron chi connectivity index (χ3n) is 3.02. The zero-order valence-corrected chi connectivity index (χ0v) is 11.5. The number of rotatable bonds is 3. The molecule has 3 aromatic rings. The molecule has 2 N–H and O–H groups in total. The van der Waals surface area contributed by atoms with Crippen molar-refractivity contribution in [1.29, 1.82) is 0 Å². The van der Waals surface area contributed by atoms with E-state index in [-0.39, 0.29) is 0 Å². The minimum atomic E-state index is 0.303. The molecule has 0 spiro atoms. The first-order valence-electron chi connectivity index (χ1n) is 6.08. The number of nitrogens with two attached hydrogens (primary N) is 1. The largest absolute Gasteiger partial charge is 0.389 e. The summed E-state index contributed by atoms with van der Waals surface area (Å²) in [6.45, 7) is 3.70. The van der Waals surface area contributed by atoms with Gasteiger partial charge in [0.25, 0.3) is 0 Å². The van der Waals surface area contributed by atoms with Gasteiger partial charge < -0.3 is 5.73 Å². The molecular formula is C15H12N4S. The Morgan fingerprint density at radius 3 is 2.60 bits per heavy atom. The summed E-state index contributed by atoms with van der Waals surface area (Å²) < 4.78 is 1.75. The Hall–Kier alpha value is -2.53. The third kappa shape index (κ3) is 1.98. The van der Waals surface area contributed by atoms with Crippen LogP contribution in [0.3, 0.4) is 0 Å². The maximum atomic E-state index is 5.74. The van der Waals surface area contributed by atoms with E-state index in [1.165, 1.54) is 0 Å². The van der Waals surface area contributed by atoms with Gasteiger partial charge >= 0.3 is 0 Å². The fourth-order valence-corrected chi connectivity index (χ4v) is 2.24. The van der Waals surface area contributed by atoms with Crippen LogP contribution in [0, 0.1) is 0 Å². The summed E-state index contributed by atoms with van der Waals surface area (Å²) in [6.07, 6.45) is 1.60. The molecule has 0 aliphatic rings. The molecule has 0 amide bonds. The van der Waals surface area contributed by atoms with Crippen molar-refractivity contribution in [2.45, 2.75) is 0 Å². The molecule has 0 unspecified atom stereocenters. The molecule has 0 radical (unpaired) electrons. The highest BCUT2D eigenvalue weighted by Crippen LogP contribution is 2.22. The Morgan fingerprint density at radius 2 is 1.95 bits per heavy atom. The molecule has 2 aromatic heterocycles. The van der Waals surface area contributed by atoms with Gasteiger partial charge in [-0.1, -0.05) is 49.1 Å². The van der Waals surface area contributed by atoms with Crippen molar-refractivity contribution in [3.63, 3.8) is 0 Å². The van der Waals surface area contributed by atoms with E-state index in [2.05, 4.69) is 16.7 Å². The second-order valence-electron chi connectivity index (χ2n) is 4.27. The lowest BCUT2D eigenvalue weighted by Gasteiger charge is -2.07. The monoisotopic (exact) mass is 280 g/mol. The number of hydrogen-bond donors (Lipinski definition) is 1. The number of aromatic nitrogens is 3. The molecule has 0 aliphatic carbocycles. The van der Waals surface area contributed by atoms with Crippen LogP contribution in [-0.2, 0) is 0 Å². The van der Waals surface area contributed by atoms with Gasteiger partial charge in [-0.2, -0.15) is 0 Å². The number of benzene rings is 1. The van der Waals surface area contributed by atoms with Crippen LogP contribution in [0.5, 0.6) is 0 Å². The smallest absolute Gasteiger partial charge is 0.174 e. The molecule has 1 aromatic carbocycles. The highest BCUT2D eigenvalue weighted by atomic mass is 32.1. The second kappa shape index (κ2) is 4.86. The molecule has 0 aliphatic heterocycles. The Bertz CT molecular complexity index is 805. The highest BCUT2D eigenvalue weighted by Gasteiger charge is 2.13. The average molecular weight is 280 g/mol. The topological polar surface area (TPSA) is 56.2 Å². The van der Waals surface area contributed by atoms with Crippen molar-refractivity contribution < 1.29 is 0 Å². The molecule has 98 valence electrons. The molecular weight excluding hydrogens is 268 g/mol. The van der Waals surface area contributed by atoms with Crippen LogP contribution >= 0.6 is 12.2 Å². The van der Waals surface area contributed by atoms with Crippen LogP contribution in [0.2, 0.25) is 0 Å². The van der Waals surface area contributed by atoms with Crippen molar-refractivity contribution in [3.05, 3.63) is 60.4 Å². The zero-order valence-electron chi connectivity index (χ0n) is 10.7. The summed E-state index contributed by atoms with van der Waals surface area (Å²) in [7, 11) is 0. The summed E-state index contributed by atoms with van der Waals surface area (Å²) >= 11 is 5.07. The van der Waals surface area contributed by atoms with Crippen molar-refractivity contribution >= 4 is 28.9 Å². The SMILES string of the molecule is C=Cc1nc2c(C(N)=S)ccc(-c3ccccc3)n2n1. The van der Waals surface area contributed by atoms with Gasteiger partial charge in [-0.25, -0.2) is 9.50 Å². The van der Waals surface area contributed by atoms with E-state index < -0.39 is 0 Å². The van der Waals surface area contributed by atoms with Gasteiger partial charge in [0.15, 0.2) is 11.5 Å². The molecule has 3 rings (SSSR count). The van der Waals surface area contributed by atoms with Gasteiger partial charge in [-0.15, -0.1) is 5.10 Å². The normalized spacial score (nSPS) is 10.6. The maximum absolute atomic E-state index is 5.74. The van der Waals surface area contributed by atoms with Gasteiger partial charge in [0.05, 0.1) is 11.3 Å². The van der Waals surface area contributed by atoms with Crippen LogP contribution in [0.25, 0.3) is 23.0 Å². The van der Waals surface area contributed by atoms with E-state index in [0.717, 1.165) is 11.3 Å². The first-order valence-corrected chi connectivity index (χ1v) is 6.49. The summed E-state index contributed by atoms with van der Waals surface area (Å²) in [5, 5.41) is 4.42. The van der Waals surface area contributed by atoms with E-state index >= 15 is 0 Å². The molecule has 0 saturated heterocycles. The quantitative estimate of drug-likeness (QED) is 0.749. The molecule has 2 heterocycles. The Morgan fingerprint density at radius 1 is 1.20 bits per heavy atom. The molecule has 0 bridgehead atoms. The van der Waals surface area contributed by atoms with Crippen LogP contribution in [0.4, 0.5) is 0 Å². The van der Waals surface area contributed by atoms with Crippen LogP contribution in [0.1, 0.15) is 11.4 Å².